The maximum absolute atomic E-state index is 10.7. The second-order valence-corrected chi connectivity index (χ2v) is 3.73. The summed E-state index contributed by atoms with van der Waals surface area (Å²) in [4.78, 5) is 14.9. The fourth-order valence-corrected chi connectivity index (χ4v) is 1.41. The Morgan fingerprint density at radius 2 is 2.27 bits per heavy atom. The number of carboxylic acids is 1. The Morgan fingerprint density at radius 1 is 1.53 bits per heavy atom. The highest BCUT2D eigenvalue weighted by atomic mass is 16.4. The van der Waals surface area contributed by atoms with E-state index in [0.29, 0.717) is 0 Å². The number of carbonyl (C=O) groups is 1. The lowest BCUT2D eigenvalue weighted by Crippen LogP contribution is -2.30. The van der Waals surface area contributed by atoms with Crippen molar-refractivity contribution >= 4 is 5.97 Å². The third-order valence-corrected chi connectivity index (χ3v) is 1.96. The molecule has 1 atom stereocenters. The Bertz CT molecular complexity index is 312. The molecular weight excluding hydrogens is 192 g/mol. The topological polar surface area (TPSA) is 62.2 Å². The van der Waals surface area contributed by atoms with Crippen molar-refractivity contribution < 1.29 is 9.90 Å². The Hall–Kier alpha value is -1.42. The molecule has 82 valence electrons. The summed E-state index contributed by atoms with van der Waals surface area (Å²) < 4.78 is 0. The molecule has 1 aromatic rings. The first-order valence-corrected chi connectivity index (χ1v) is 4.98. The van der Waals surface area contributed by atoms with Crippen molar-refractivity contribution in [3.8, 4) is 0 Å². The number of aliphatic carboxylic acids is 1. The molecule has 2 N–H and O–H groups in total. The van der Waals surface area contributed by atoms with E-state index in [2.05, 4.69) is 10.3 Å². The van der Waals surface area contributed by atoms with Crippen LogP contribution in [0.2, 0.25) is 0 Å². The zero-order valence-electron chi connectivity index (χ0n) is 8.97. The van der Waals surface area contributed by atoms with E-state index in [1.165, 1.54) is 0 Å². The van der Waals surface area contributed by atoms with E-state index in [1.807, 2.05) is 32.0 Å². The molecule has 1 unspecified atom stereocenters. The minimum absolute atomic E-state index is 0.0508. The van der Waals surface area contributed by atoms with Crippen LogP contribution in [0.4, 0.5) is 0 Å². The number of hydrogen-bond donors (Lipinski definition) is 2. The predicted molar refractivity (Wildman–Crippen MR) is 57.5 cm³/mol. The van der Waals surface area contributed by atoms with Crippen molar-refractivity contribution in [2.75, 3.05) is 0 Å². The fourth-order valence-electron chi connectivity index (χ4n) is 1.41. The Morgan fingerprint density at radius 3 is 2.73 bits per heavy atom. The van der Waals surface area contributed by atoms with Crippen molar-refractivity contribution in [3.05, 3.63) is 30.1 Å². The lowest BCUT2D eigenvalue weighted by atomic mass is 10.1. The van der Waals surface area contributed by atoms with Gasteiger partial charge < -0.3 is 10.4 Å². The van der Waals surface area contributed by atoms with Gasteiger partial charge in [-0.3, -0.25) is 9.78 Å². The fraction of sp³-hybridized carbons (Fsp3) is 0.455. The van der Waals surface area contributed by atoms with Crippen LogP contribution in [0.5, 0.6) is 0 Å². The van der Waals surface area contributed by atoms with Gasteiger partial charge in [-0.1, -0.05) is 19.9 Å². The van der Waals surface area contributed by atoms with Crippen LogP contribution in [0, 0.1) is 0 Å². The molecule has 0 radical (unpaired) electrons. The monoisotopic (exact) mass is 208 g/mol. The van der Waals surface area contributed by atoms with Gasteiger partial charge in [-0.2, -0.15) is 0 Å². The van der Waals surface area contributed by atoms with Crippen molar-refractivity contribution in [3.63, 3.8) is 0 Å². The van der Waals surface area contributed by atoms with Gasteiger partial charge in [0.1, 0.15) is 0 Å². The van der Waals surface area contributed by atoms with Crippen LogP contribution in [0.3, 0.4) is 0 Å². The van der Waals surface area contributed by atoms with Gasteiger partial charge in [0.2, 0.25) is 0 Å². The first-order valence-electron chi connectivity index (χ1n) is 4.98. The van der Waals surface area contributed by atoms with Crippen LogP contribution in [-0.4, -0.2) is 22.1 Å². The van der Waals surface area contributed by atoms with E-state index < -0.39 is 5.97 Å². The summed E-state index contributed by atoms with van der Waals surface area (Å²) in [5.74, 6) is -0.821. The molecule has 15 heavy (non-hydrogen) atoms. The molecule has 0 fully saturated rings. The van der Waals surface area contributed by atoms with Gasteiger partial charge >= 0.3 is 5.97 Å². The molecular formula is C11H16N2O2. The number of rotatable bonds is 5. The SMILES string of the molecule is CC(C)NC(CC(=O)O)c1ccccn1. The molecule has 1 heterocycles. The number of hydrogen-bond acceptors (Lipinski definition) is 3. The molecule has 0 spiro atoms. The summed E-state index contributed by atoms with van der Waals surface area (Å²) in [6.45, 7) is 3.97. The van der Waals surface area contributed by atoms with Gasteiger partial charge in [0.25, 0.3) is 0 Å². The Labute approximate surface area is 89.3 Å². The lowest BCUT2D eigenvalue weighted by molar-refractivity contribution is -0.137. The van der Waals surface area contributed by atoms with E-state index in [0.717, 1.165) is 5.69 Å². The van der Waals surface area contributed by atoms with E-state index in [4.69, 9.17) is 5.11 Å². The quantitative estimate of drug-likeness (QED) is 0.771. The number of aromatic nitrogens is 1. The van der Waals surface area contributed by atoms with Crippen molar-refractivity contribution in [1.82, 2.24) is 10.3 Å². The van der Waals surface area contributed by atoms with Gasteiger partial charge in [-0.15, -0.1) is 0 Å². The van der Waals surface area contributed by atoms with E-state index in [9.17, 15) is 4.79 Å². The highest BCUT2D eigenvalue weighted by Crippen LogP contribution is 2.14. The highest BCUT2D eigenvalue weighted by molar-refractivity contribution is 5.67. The van der Waals surface area contributed by atoms with Crippen LogP contribution in [-0.2, 0) is 4.79 Å². The molecule has 0 bridgehead atoms. The normalized spacial score (nSPS) is 12.7. The molecule has 4 heteroatoms. The second kappa shape index (κ2) is 5.46. The molecule has 1 rings (SSSR count). The Kier molecular flexibility index (Phi) is 4.24. The molecule has 0 saturated carbocycles. The van der Waals surface area contributed by atoms with Crippen LogP contribution < -0.4 is 5.32 Å². The Balaban J connectivity index is 2.76. The van der Waals surface area contributed by atoms with Gasteiger partial charge in [-0.25, -0.2) is 0 Å². The minimum Gasteiger partial charge on any atom is -0.481 e. The molecule has 0 saturated heterocycles. The molecule has 0 aliphatic carbocycles. The highest BCUT2D eigenvalue weighted by Gasteiger charge is 2.16. The average Bonchev–Trinajstić information content (AvgIpc) is 2.17. The average molecular weight is 208 g/mol. The third kappa shape index (κ3) is 4.08. The summed E-state index contributed by atoms with van der Waals surface area (Å²) in [6, 6.07) is 5.53. The maximum atomic E-state index is 10.7. The van der Waals surface area contributed by atoms with Gasteiger partial charge in [0.05, 0.1) is 18.2 Å². The zero-order chi connectivity index (χ0) is 11.3. The first-order chi connectivity index (χ1) is 7.09. The van der Waals surface area contributed by atoms with E-state index in [1.54, 1.807) is 6.20 Å². The first kappa shape index (κ1) is 11.7. The van der Waals surface area contributed by atoms with Crippen molar-refractivity contribution in [2.24, 2.45) is 0 Å². The summed E-state index contributed by atoms with van der Waals surface area (Å²) in [6.07, 6.45) is 1.72. The van der Waals surface area contributed by atoms with Crippen LogP contribution in [0.25, 0.3) is 0 Å². The predicted octanol–water partition coefficient (Wildman–Crippen LogP) is 1.60. The number of carboxylic acid groups (broad SMARTS) is 1. The summed E-state index contributed by atoms with van der Waals surface area (Å²) in [5.41, 5.74) is 0.772. The minimum atomic E-state index is -0.821. The number of nitrogens with zero attached hydrogens (tertiary/aromatic N) is 1. The summed E-state index contributed by atoms with van der Waals surface area (Å²) >= 11 is 0. The van der Waals surface area contributed by atoms with E-state index >= 15 is 0 Å². The standard InChI is InChI=1S/C11H16N2O2/c1-8(2)13-10(7-11(14)15)9-5-3-4-6-12-9/h3-6,8,10,13H,7H2,1-2H3,(H,14,15). The van der Waals surface area contributed by atoms with Gasteiger partial charge in [0, 0.05) is 12.2 Å². The number of nitrogens with one attached hydrogen (secondary N) is 1. The third-order valence-electron chi connectivity index (χ3n) is 1.96. The van der Waals surface area contributed by atoms with E-state index in [-0.39, 0.29) is 18.5 Å². The summed E-state index contributed by atoms with van der Waals surface area (Å²) in [7, 11) is 0. The van der Waals surface area contributed by atoms with Gasteiger partial charge in [-0.05, 0) is 12.1 Å². The van der Waals surface area contributed by atoms with Crippen LogP contribution in [0.1, 0.15) is 32.0 Å². The molecule has 0 aromatic carbocycles. The van der Waals surface area contributed by atoms with Crippen LogP contribution >= 0.6 is 0 Å². The molecule has 1 aromatic heterocycles. The lowest BCUT2D eigenvalue weighted by Gasteiger charge is -2.18. The molecule has 4 nitrogen and oxygen atoms in total. The second-order valence-electron chi connectivity index (χ2n) is 3.73. The summed E-state index contributed by atoms with van der Waals surface area (Å²) in [5, 5.41) is 12.0. The zero-order valence-corrected chi connectivity index (χ0v) is 8.97. The molecule has 0 aliphatic heterocycles. The molecule has 0 aliphatic rings. The van der Waals surface area contributed by atoms with Crippen molar-refractivity contribution in [2.45, 2.75) is 32.4 Å². The maximum Gasteiger partial charge on any atom is 0.305 e. The molecule has 0 amide bonds. The van der Waals surface area contributed by atoms with Crippen LogP contribution in [0.15, 0.2) is 24.4 Å². The smallest absolute Gasteiger partial charge is 0.305 e. The largest absolute Gasteiger partial charge is 0.481 e. The number of pyridine rings is 1. The van der Waals surface area contributed by atoms with Gasteiger partial charge in [0.15, 0.2) is 0 Å². The van der Waals surface area contributed by atoms with Crippen molar-refractivity contribution in [1.29, 1.82) is 0 Å².